The molecule has 0 aliphatic rings. The SMILES string of the molecule is N#Cc1nc(CBr)c(C(F)F)cc1Br. The molecule has 6 heteroatoms. The van der Waals surface area contributed by atoms with E-state index in [2.05, 4.69) is 36.8 Å². The van der Waals surface area contributed by atoms with Crippen molar-refractivity contribution in [3.8, 4) is 6.07 Å². The summed E-state index contributed by atoms with van der Waals surface area (Å²) in [5, 5.41) is 8.83. The molecule has 0 saturated carbocycles. The first kappa shape index (κ1) is 11.5. The number of alkyl halides is 3. The second-order valence-electron chi connectivity index (χ2n) is 2.40. The molecule has 0 fully saturated rings. The molecule has 0 amide bonds. The third-order valence-corrected chi connectivity index (χ3v) is 2.69. The molecular weight excluding hydrogens is 322 g/mol. The van der Waals surface area contributed by atoms with E-state index in [-0.39, 0.29) is 22.3 Å². The predicted molar refractivity (Wildman–Crippen MR) is 54.2 cm³/mol. The zero-order valence-electron chi connectivity index (χ0n) is 6.77. The summed E-state index contributed by atoms with van der Waals surface area (Å²) >= 11 is 6.05. The topological polar surface area (TPSA) is 36.7 Å². The fourth-order valence-corrected chi connectivity index (χ4v) is 1.79. The highest BCUT2D eigenvalue weighted by atomic mass is 79.9. The van der Waals surface area contributed by atoms with Gasteiger partial charge in [0.2, 0.25) is 0 Å². The number of nitrogens with zero attached hydrogens (tertiary/aromatic N) is 2. The zero-order valence-corrected chi connectivity index (χ0v) is 9.94. The van der Waals surface area contributed by atoms with Gasteiger partial charge in [-0.25, -0.2) is 13.8 Å². The van der Waals surface area contributed by atoms with Crippen LogP contribution in [0.4, 0.5) is 8.78 Å². The number of hydrogen-bond donors (Lipinski definition) is 0. The van der Waals surface area contributed by atoms with E-state index in [4.69, 9.17) is 5.26 Å². The van der Waals surface area contributed by atoms with Gasteiger partial charge in [0.05, 0.1) is 10.2 Å². The fourth-order valence-electron chi connectivity index (χ4n) is 0.915. The van der Waals surface area contributed by atoms with Crippen LogP contribution >= 0.6 is 31.9 Å². The Balaban J connectivity index is 3.33. The van der Waals surface area contributed by atoms with E-state index >= 15 is 0 Å². The third kappa shape index (κ3) is 2.28. The van der Waals surface area contributed by atoms with Gasteiger partial charge in [-0.3, -0.25) is 0 Å². The summed E-state index contributed by atoms with van der Waals surface area (Å²) in [5.74, 6) is 0. The van der Waals surface area contributed by atoms with Crippen molar-refractivity contribution >= 4 is 31.9 Å². The van der Waals surface area contributed by atoms with Crippen LogP contribution in [0.5, 0.6) is 0 Å². The van der Waals surface area contributed by atoms with Crippen molar-refractivity contribution in [1.29, 1.82) is 5.26 Å². The lowest BCUT2D eigenvalue weighted by Gasteiger charge is -2.06. The van der Waals surface area contributed by atoms with Gasteiger partial charge in [-0.1, -0.05) is 15.9 Å². The average molecular weight is 326 g/mol. The number of aromatic nitrogens is 1. The lowest BCUT2D eigenvalue weighted by atomic mass is 10.2. The molecule has 0 radical (unpaired) electrons. The van der Waals surface area contributed by atoms with Crippen molar-refractivity contribution in [2.75, 3.05) is 0 Å². The highest BCUT2D eigenvalue weighted by Gasteiger charge is 2.16. The number of rotatable bonds is 2. The first-order valence-corrected chi connectivity index (χ1v) is 5.45. The molecule has 0 aliphatic carbocycles. The molecule has 1 aromatic rings. The van der Waals surface area contributed by atoms with E-state index in [1.165, 1.54) is 6.07 Å². The summed E-state index contributed by atoms with van der Waals surface area (Å²) in [5.41, 5.74) is 0.149. The Bertz CT molecular complexity index is 388. The molecule has 0 aliphatic heterocycles. The second-order valence-corrected chi connectivity index (χ2v) is 3.82. The van der Waals surface area contributed by atoms with Gasteiger partial charge >= 0.3 is 0 Å². The summed E-state index contributed by atoms with van der Waals surface area (Å²) in [6.07, 6.45) is -2.58. The number of halogens is 4. The predicted octanol–water partition coefficient (Wildman–Crippen LogP) is 3.55. The van der Waals surface area contributed by atoms with Gasteiger partial charge in [-0.15, -0.1) is 0 Å². The molecule has 0 atom stereocenters. The molecule has 0 N–H and O–H groups in total. The molecule has 74 valence electrons. The average Bonchev–Trinajstić information content (AvgIpc) is 2.17. The monoisotopic (exact) mass is 324 g/mol. The van der Waals surface area contributed by atoms with Crippen LogP contribution < -0.4 is 0 Å². The maximum atomic E-state index is 12.5. The standard InChI is InChI=1S/C8H4Br2F2N2/c9-2-6-4(8(11)12)1-5(10)7(3-13)14-6/h1,8H,2H2. The van der Waals surface area contributed by atoms with Crippen LogP contribution in [-0.4, -0.2) is 4.98 Å². The smallest absolute Gasteiger partial charge is 0.240 e. The summed E-state index contributed by atoms with van der Waals surface area (Å²) in [6, 6.07) is 3.04. The van der Waals surface area contributed by atoms with Gasteiger partial charge in [-0.2, -0.15) is 5.26 Å². The van der Waals surface area contributed by atoms with Crippen molar-refractivity contribution in [2.45, 2.75) is 11.8 Å². The van der Waals surface area contributed by atoms with Gasteiger partial charge < -0.3 is 0 Å². The zero-order chi connectivity index (χ0) is 10.7. The van der Waals surface area contributed by atoms with Crippen LogP contribution in [0.2, 0.25) is 0 Å². The number of nitriles is 1. The lowest BCUT2D eigenvalue weighted by molar-refractivity contribution is 0.150. The Labute approximate surface area is 96.2 Å². The van der Waals surface area contributed by atoms with E-state index in [9.17, 15) is 8.78 Å². The minimum Gasteiger partial charge on any atom is -0.240 e. The van der Waals surface area contributed by atoms with Crippen molar-refractivity contribution in [1.82, 2.24) is 4.98 Å². The van der Waals surface area contributed by atoms with Crippen molar-refractivity contribution in [3.63, 3.8) is 0 Å². The highest BCUT2D eigenvalue weighted by Crippen LogP contribution is 2.27. The first-order valence-electron chi connectivity index (χ1n) is 3.53. The van der Waals surface area contributed by atoms with Crippen LogP contribution in [0.25, 0.3) is 0 Å². The van der Waals surface area contributed by atoms with Crippen LogP contribution in [-0.2, 0) is 5.33 Å². The molecule has 0 unspecified atom stereocenters. The van der Waals surface area contributed by atoms with Crippen LogP contribution in [0.3, 0.4) is 0 Å². The maximum Gasteiger partial charge on any atom is 0.265 e. The molecule has 1 aromatic heterocycles. The van der Waals surface area contributed by atoms with Crippen LogP contribution in [0.1, 0.15) is 23.4 Å². The van der Waals surface area contributed by atoms with Gasteiger partial charge in [0.25, 0.3) is 6.43 Å². The van der Waals surface area contributed by atoms with E-state index in [0.717, 1.165) is 0 Å². The summed E-state index contributed by atoms with van der Waals surface area (Å²) < 4.78 is 25.2. The third-order valence-electron chi connectivity index (χ3n) is 1.56. The van der Waals surface area contributed by atoms with Gasteiger partial charge in [0, 0.05) is 10.9 Å². The minimum absolute atomic E-state index is 0.115. The van der Waals surface area contributed by atoms with Crippen molar-refractivity contribution < 1.29 is 8.78 Å². The first-order chi connectivity index (χ1) is 6.60. The summed E-state index contributed by atoms with van der Waals surface area (Å²) in [4.78, 5) is 3.80. The van der Waals surface area contributed by atoms with E-state index in [0.29, 0.717) is 4.47 Å². The molecule has 0 bridgehead atoms. The Hall–Kier alpha value is -0.540. The number of hydrogen-bond acceptors (Lipinski definition) is 2. The molecule has 0 saturated heterocycles. The summed E-state index contributed by atoms with van der Waals surface area (Å²) in [7, 11) is 0. The van der Waals surface area contributed by atoms with E-state index in [1.54, 1.807) is 0 Å². The quantitative estimate of drug-likeness (QED) is 0.780. The molecule has 0 aromatic carbocycles. The van der Waals surface area contributed by atoms with Crippen molar-refractivity contribution in [3.05, 3.63) is 27.5 Å². The van der Waals surface area contributed by atoms with E-state index in [1.807, 2.05) is 6.07 Å². The Kier molecular flexibility index (Phi) is 3.96. The molecule has 14 heavy (non-hydrogen) atoms. The minimum atomic E-state index is -2.58. The molecule has 0 spiro atoms. The van der Waals surface area contributed by atoms with Crippen LogP contribution in [0, 0.1) is 11.3 Å². The molecule has 1 rings (SSSR count). The largest absolute Gasteiger partial charge is 0.265 e. The maximum absolute atomic E-state index is 12.5. The van der Waals surface area contributed by atoms with Crippen LogP contribution in [0.15, 0.2) is 10.5 Å². The van der Waals surface area contributed by atoms with Gasteiger partial charge in [0.1, 0.15) is 6.07 Å². The normalized spacial score (nSPS) is 10.3. The molecule has 2 nitrogen and oxygen atoms in total. The Morgan fingerprint density at radius 2 is 2.21 bits per heavy atom. The summed E-state index contributed by atoms with van der Waals surface area (Å²) in [6.45, 7) is 0. The Morgan fingerprint density at radius 3 is 2.64 bits per heavy atom. The number of pyridine rings is 1. The van der Waals surface area contributed by atoms with Gasteiger partial charge in [0.15, 0.2) is 5.69 Å². The highest BCUT2D eigenvalue weighted by molar-refractivity contribution is 9.10. The Morgan fingerprint density at radius 1 is 1.57 bits per heavy atom. The van der Waals surface area contributed by atoms with Crippen molar-refractivity contribution in [2.24, 2.45) is 0 Å². The lowest BCUT2D eigenvalue weighted by Crippen LogP contribution is -1.99. The molecule has 1 heterocycles. The van der Waals surface area contributed by atoms with Gasteiger partial charge in [-0.05, 0) is 22.0 Å². The second kappa shape index (κ2) is 4.80. The van der Waals surface area contributed by atoms with E-state index < -0.39 is 6.43 Å². The molecular formula is C8H4Br2F2N2. The fraction of sp³-hybridized carbons (Fsp3) is 0.250.